The van der Waals surface area contributed by atoms with E-state index in [0.29, 0.717) is 23.5 Å². The van der Waals surface area contributed by atoms with Gasteiger partial charge < -0.3 is 15.8 Å². The third kappa shape index (κ3) is 4.78. The summed E-state index contributed by atoms with van der Waals surface area (Å²) in [7, 11) is -1.91. The van der Waals surface area contributed by atoms with Crippen molar-refractivity contribution >= 4 is 27.1 Å². The molecule has 0 atom stereocenters. The van der Waals surface area contributed by atoms with Gasteiger partial charge in [0.05, 0.1) is 18.6 Å². The minimum absolute atomic E-state index is 0.00547. The molecule has 0 aromatic heterocycles. The molecule has 0 saturated heterocycles. The molecule has 0 spiro atoms. The van der Waals surface area contributed by atoms with Crippen LogP contribution in [0.1, 0.15) is 13.3 Å². The van der Waals surface area contributed by atoms with Crippen molar-refractivity contribution < 1.29 is 17.9 Å². The van der Waals surface area contributed by atoms with Crippen LogP contribution in [-0.2, 0) is 14.6 Å². The molecule has 1 rings (SSSR count). The van der Waals surface area contributed by atoms with Crippen LogP contribution >= 0.6 is 0 Å². The van der Waals surface area contributed by atoms with Crippen LogP contribution in [-0.4, -0.2) is 32.9 Å². The fourth-order valence-corrected chi connectivity index (χ4v) is 2.83. The molecule has 0 aliphatic rings. The molecule has 0 bridgehead atoms. The molecule has 19 heavy (non-hydrogen) atoms. The number of nitrogen functional groups attached to an aromatic ring is 1. The Kier molecular flexibility index (Phi) is 5.17. The number of benzene rings is 1. The maximum atomic E-state index is 11.7. The second-order valence-electron chi connectivity index (χ2n) is 4.10. The molecular weight excluding hydrogens is 268 g/mol. The molecule has 0 aliphatic carbocycles. The van der Waals surface area contributed by atoms with E-state index < -0.39 is 21.5 Å². The van der Waals surface area contributed by atoms with Gasteiger partial charge in [-0.2, -0.15) is 0 Å². The Hall–Kier alpha value is -1.76. The summed E-state index contributed by atoms with van der Waals surface area (Å²) in [5, 5.41) is 2.49. The zero-order valence-corrected chi connectivity index (χ0v) is 11.8. The Labute approximate surface area is 112 Å². The van der Waals surface area contributed by atoms with Gasteiger partial charge in [-0.1, -0.05) is 6.92 Å². The van der Waals surface area contributed by atoms with Gasteiger partial charge >= 0.3 is 0 Å². The second kappa shape index (κ2) is 6.42. The maximum Gasteiger partial charge on any atom is 0.239 e. The van der Waals surface area contributed by atoms with Crippen molar-refractivity contribution in [2.45, 2.75) is 13.3 Å². The van der Waals surface area contributed by atoms with E-state index in [4.69, 9.17) is 10.5 Å². The lowest BCUT2D eigenvalue weighted by Gasteiger charge is -2.11. The Morgan fingerprint density at radius 2 is 2.11 bits per heavy atom. The Balaban J connectivity index is 2.80. The smallest absolute Gasteiger partial charge is 0.239 e. The molecular formula is C12H18N2O4S. The number of amides is 1. The molecule has 3 N–H and O–H groups in total. The van der Waals surface area contributed by atoms with Crippen LogP contribution in [0.2, 0.25) is 0 Å². The number of carbonyl (C=O) groups excluding carboxylic acids is 1. The summed E-state index contributed by atoms with van der Waals surface area (Å²) in [5.41, 5.74) is 6.42. The lowest BCUT2D eigenvalue weighted by Crippen LogP contribution is -2.24. The highest BCUT2D eigenvalue weighted by Crippen LogP contribution is 2.26. The number of carbonyl (C=O) groups is 1. The standard InChI is InChI=1S/C12H18N2O4S/c1-3-6-19(16,17)8-12(15)14-10-7-9(13)4-5-11(10)18-2/h4-5,7H,3,6,8,13H2,1-2H3,(H,14,15). The van der Waals surface area contributed by atoms with Gasteiger partial charge in [-0.25, -0.2) is 8.42 Å². The average Bonchev–Trinajstić information content (AvgIpc) is 2.28. The number of hydrogen-bond acceptors (Lipinski definition) is 5. The van der Waals surface area contributed by atoms with Gasteiger partial charge in [0.1, 0.15) is 11.5 Å². The first-order valence-corrected chi connectivity index (χ1v) is 7.64. The molecule has 0 saturated carbocycles. The SMILES string of the molecule is CCCS(=O)(=O)CC(=O)Nc1cc(N)ccc1OC. The van der Waals surface area contributed by atoms with Crippen LogP contribution < -0.4 is 15.8 Å². The Morgan fingerprint density at radius 1 is 1.42 bits per heavy atom. The molecule has 0 unspecified atom stereocenters. The number of anilines is 2. The van der Waals surface area contributed by atoms with Crippen LogP contribution in [0.25, 0.3) is 0 Å². The van der Waals surface area contributed by atoms with Gasteiger partial charge in [0.2, 0.25) is 5.91 Å². The van der Waals surface area contributed by atoms with Crippen molar-refractivity contribution in [2.24, 2.45) is 0 Å². The van der Waals surface area contributed by atoms with E-state index in [-0.39, 0.29) is 5.75 Å². The number of sulfone groups is 1. The van der Waals surface area contributed by atoms with Crippen molar-refractivity contribution in [2.75, 3.05) is 29.7 Å². The van der Waals surface area contributed by atoms with Crippen LogP contribution in [0.15, 0.2) is 18.2 Å². The van der Waals surface area contributed by atoms with E-state index in [1.165, 1.54) is 13.2 Å². The summed E-state index contributed by atoms with van der Waals surface area (Å²) in [6.45, 7) is 1.75. The fourth-order valence-electron chi connectivity index (χ4n) is 1.59. The summed E-state index contributed by atoms with van der Waals surface area (Å²) in [6, 6.07) is 4.75. The van der Waals surface area contributed by atoms with E-state index in [0.717, 1.165) is 0 Å². The third-order valence-electron chi connectivity index (χ3n) is 2.36. The van der Waals surface area contributed by atoms with E-state index in [2.05, 4.69) is 5.32 Å². The largest absolute Gasteiger partial charge is 0.495 e. The van der Waals surface area contributed by atoms with E-state index in [1.54, 1.807) is 19.1 Å². The van der Waals surface area contributed by atoms with Crippen LogP contribution in [0.3, 0.4) is 0 Å². The zero-order chi connectivity index (χ0) is 14.5. The Bertz CT molecular complexity index is 555. The number of methoxy groups -OCH3 is 1. The molecule has 1 aromatic carbocycles. The number of ether oxygens (including phenoxy) is 1. The maximum absolute atomic E-state index is 11.7. The van der Waals surface area contributed by atoms with Gasteiger partial charge in [-0.15, -0.1) is 0 Å². The molecule has 0 aliphatic heterocycles. The highest BCUT2D eigenvalue weighted by Gasteiger charge is 2.17. The van der Waals surface area contributed by atoms with E-state index in [1.807, 2.05) is 0 Å². The summed E-state index contributed by atoms with van der Waals surface area (Å²) < 4.78 is 28.1. The monoisotopic (exact) mass is 286 g/mol. The first kappa shape index (κ1) is 15.3. The molecule has 0 fully saturated rings. The number of rotatable bonds is 6. The predicted octanol–water partition coefficient (Wildman–Crippen LogP) is 1.04. The lowest BCUT2D eigenvalue weighted by atomic mass is 10.2. The van der Waals surface area contributed by atoms with Crippen molar-refractivity contribution in [1.29, 1.82) is 0 Å². The van der Waals surface area contributed by atoms with Crippen LogP contribution in [0.5, 0.6) is 5.75 Å². The highest BCUT2D eigenvalue weighted by atomic mass is 32.2. The predicted molar refractivity (Wildman–Crippen MR) is 75.0 cm³/mol. The fraction of sp³-hybridized carbons (Fsp3) is 0.417. The summed E-state index contributed by atoms with van der Waals surface area (Å²) in [4.78, 5) is 11.7. The van der Waals surface area contributed by atoms with Crippen molar-refractivity contribution in [3.05, 3.63) is 18.2 Å². The first-order valence-electron chi connectivity index (χ1n) is 5.81. The van der Waals surface area contributed by atoms with Crippen molar-refractivity contribution in [1.82, 2.24) is 0 Å². The van der Waals surface area contributed by atoms with Gasteiger partial charge in [-0.05, 0) is 24.6 Å². The number of nitrogens with one attached hydrogen (secondary N) is 1. The summed E-state index contributed by atoms with van der Waals surface area (Å²) in [5.74, 6) is -0.722. The van der Waals surface area contributed by atoms with Gasteiger partial charge in [-0.3, -0.25) is 4.79 Å². The van der Waals surface area contributed by atoms with Gasteiger partial charge in [0.25, 0.3) is 0 Å². The van der Waals surface area contributed by atoms with Crippen molar-refractivity contribution in [3.8, 4) is 5.75 Å². The highest BCUT2D eigenvalue weighted by molar-refractivity contribution is 7.92. The lowest BCUT2D eigenvalue weighted by molar-refractivity contribution is -0.113. The van der Waals surface area contributed by atoms with E-state index >= 15 is 0 Å². The first-order chi connectivity index (χ1) is 8.88. The number of hydrogen-bond donors (Lipinski definition) is 2. The third-order valence-corrected chi connectivity index (χ3v) is 4.10. The summed E-state index contributed by atoms with van der Waals surface area (Å²) >= 11 is 0. The minimum Gasteiger partial charge on any atom is -0.495 e. The Morgan fingerprint density at radius 3 is 2.68 bits per heavy atom. The average molecular weight is 286 g/mol. The molecule has 106 valence electrons. The van der Waals surface area contributed by atoms with Gasteiger partial charge in [0.15, 0.2) is 9.84 Å². The van der Waals surface area contributed by atoms with Gasteiger partial charge in [0, 0.05) is 5.69 Å². The van der Waals surface area contributed by atoms with Crippen LogP contribution in [0, 0.1) is 0 Å². The number of nitrogens with two attached hydrogens (primary N) is 1. The molecule has 7 heteroatoms. The van der Waals surface area contributed by atoms with E-state index in [9.17, 15) is 13.2 Å². The summed E-state index contributed by atoms with van der Waals surface area (Å²) in [6.07, 6.45) is 0.483. The van der Waals surface area contributed by atoms with Crippen molar-refractivity contribution in [3.63, 3.8) is 0 Å². The molecule has 6 nitrogen and oxygen atoms in total. The molecule has 0 radical (unpaired) electrons. The molecule has 1 amide bonds. The molecule has 1 aromatic rings. The van der Waals surface area contributed by atoms with Crippen LogP contribution in [0.4, 0.5) is 11.4 Å². The topological polar surface area (TPSA) is 98.5 Å². The normalized spacial score (nSPS) is 11.1. The quantitative estimate of drug-likeness (QED) is 0.761. The minimum atomic E-state index is -3.36. The molecule has 0 heterocycles. The second-order valence-corrected chi connectivity index (χ2v) is 6.28. The zero-order valence-electron chi connectivity index (χ0n) is 11.0.